The van der Waals surface area contributed by atoms with Crippen LogP contribution in [0.1, 0.15) is 65.6 Å². The highest BCUT2D eigenvalue weighted by atomic mass is 19.4. The summed E-state index contributed by atoms with van der Waals surface area (Å²) in [6.45, 7) is 3.01. The molecule has 0 amide bonds. The summed E-state index contributed by atoms with van der Waals surface area (Å²) in [5.74, 6) is 0.412. The van der Waals surface area contributed by atoms with Crippen LogP contribution >= 0.6 is 0 Å². The van der Waals surface area contributed by atoms with E-state index in [1.807, 2.05) is 14.0 Å². The van der Waals surface area contributed by atoms with Crippen LogP contribution in [0, 0.1) is 5.92 Å². The van der Waals surface area contributed by atoms with Crippen LogP contribution in [0.4, 0.5) is 39.5 Å². The fourth-order valence-electron chi connectivity index (χ4n) is 5.97. The summed E-state index contributed by atoms with van der Waals surface area (Å²) in [6, 6.07) is 4.32. The van der Waals surface area contributed by atoms with Crippen molar-refractivity contribution in [1.29, 1.82) is 0 Å². The molecule has 0 aliphatic carbocycles. The van der Waals surface area contributed by atoms with Crippen molar-refractivity contribution >= 4 is 5.96 Å². The van der Waals surface area contributed by atoms with Gasteiger partial charge < -0.3 is 9.64 Å². The van der Waals surface area contributed by atoms with Gasteiger partial charge in [-0.3, -0.25) is 9.91 Å². The molecule has 16 heteroatoms. The van der Waals surface area contributed by atoms with Crippen molar-refractivity contribution in [2.75, 3.05) is 40.9 Å². The minimum Gasteiger partial charge on any atom is -0.381 e. The third-order valence-corrected chi connectivity index (χ3v) is 8.13. The maximum absolute atomic E-state index is 14.0. The van der Waals surface area contributed by atoms with E-state index in [1.165, 1.54) is 35.2 Å². The summed E-state index contributed by atoms with van der Waals surface area (Å²) in [4.78, 5) is 3.43. The van der Waals surface area contributed by atoms with Gasteiger partial charge >= 0.3 is 18.5 Å². The standard InChI is InChI=1S/C30H37F9N6O/c1-5-26(42(2)16-19-8-10-46-11-9-19)25-7-6-22(28(31,32)33)14-21(25)18-45(27-40-44(4)41-43(27)3)17-20-12-23(29(34,35)36)15-24(13-20)30(37,38)39/h6-7,12-15,19,26,41H,5,8-11,16-18H2,1-4H3. The number of ether oxygens (including phenoxy) is 1. The van der Waals surface area contributed by atoms with Gasteiger partial charge in [0.1, 0.15) is 0 Å². The molecule has 7 nitrogen and oxygen atoms in total. The van der Waals surface area contributed by atoms with Gasteiger partial charge in [-0.25, -0.2) is 5.12 Å². The second-order valence-corrected chi connectivity index (χ2v) is 11.7. The van der Waals surface area contributed by atoms with Crippen molar-refractivity contribution < 1.29 is 44.3 Å². The lowest BCUT2D eigenvalue weighted by Gasteiger charge is -2.35. The lowest BCUT2D eigenvalue weighted by Crippen LogP contribution is -2.45. The Kier molecular flexibility index (Phi) is 10.7. The van der Waals surface area contributed by atoms with E-state index >= 15 is 0 Å². The number of alkyl halides is 9. The molecule has 2 aliphatic rings. The number of nitrogens with zero attached hydrogens (tertiary/aromatic N) is 5. The third kappa shape index (κ3) is 8.76. The van der Waals surface area contributed by atoms with Crippen LogP contribution in [0.5, 0.6) is 0 Å². The molecule has 1 unspecified atom stereocenters. The van der Waals surface area contributed by atoms with E-state index in [9.17, 15) is 39.5 Å². The number of hydrogen-bond acceptors (Lipinski definition) is 7. The van der Waals surface area contributed by atoms with Crippen LogP contribution in [0.25, 0.3) is 0 Å². The summed E-state index contributed by atoms with van der Waals surface area (Å²) >= 11 is 0. The van der Waals surface area contributed by atoms with Crippen molar-refractivity contribution in [3.8, 4) is 0 Å². The van der Waals surface area contributed by atoms with Crippen LogP contribution in [0.3, 0.4) is 0 Å². The molecule has 2 aliphatic heterocycles. The van der Waals surface area contributed by atoms with Gasteiger partial charge in [0.25, 0.3) is 0 Å². The molecule has 0 aromatic heterocycles. The van der Waals surface area contributed by atoms with Gasteiger partial charge in [-0.2, -0.15) is 39.5 Å². The maximum atomic E-state index is 14.0. The molecule has 0 radical (unpaired) electrons. The zero-order valence-electron chi connectivity index (χ0n) is 25.8. The number of rotatable bonds is 9. The van der Waals surface area contributed by atoms with E-state index in [4.69, 9.17) is 4.74 Å². The molecule has 1 N–H and O–H groups in total. The highest BCUT2D eigenvalue weighted by Gasteiger charge is 2.38. The molecule has 2 aromatic rings. The summed E-state index contributed by atoms with van der Waals surface area (Å²) in [5.41, 5.74) is -0.667. The minimum absolute atomic E-state index is 0.0351. The Hall–Kier alpha value is -3.24. The Morgan fingerprint density at radius 1 is 0.870 bits per heavy atom. The predicted octanol–water partition coefficient (Wildman–Crippen LogP) is 7.12. The third-order valence-electron chi connectivity index (χ3n) is 8.13. The van der Waals surface area contributed by atoms with Gasteiger partial charge in [-0.15, -0.1) is 10.6 Å². The van der Waals surface area contributed by atoms with Crippen LogP contribution in [0.2, 0.25) is 0 Å². The largest absolute Gasteiger partial charge is 0.416 e. The molecule has 4 rings (SSSR count). The molecule has 0 spiro atoms. The van der Waals surface area contributed by atoms with Crippen LogP contribution < -0.4 is 5.53 Å². The topological polar surface area (TPSA) is 46.6 Å². The molecule has 1 atom stereocenters. The minimum atomic E-state index is -5.07. The van der Waals surface area contributed by atoms with Gasteiger partial charge in [0, 0.05) is 53.0 Å². The highest BCUT2D eigenvalue weighted by molar-refractivity contribution is 5.80. The molecule has 46 heavy (non-hydrogen) atoms. The zero-order chi connectivity index (χ0) is 34.0. The monoisotopic (exact) mass is 668 g/mol. The summed E-state index contributed by atoms with van der Waals surface area (Å²) in [6.07, 6.45) is -12.6. The van der Waals surface area contributed by atoms with Gasteiger partial charge in [0.2, 0.25) is 5.96 Å². The highest BCUT2D eigenvalue weighted by Crippen LogP contribution is 2.38. The smallest absolute Gasteiger partial charge is 0.381 e. The van der Waals surface area contributed by atoms with E-state index in [1.54, 1.807) is 0 Å². The Bertz CT molecular complexity index is 1340. The quantitative estimate of drug-likeness (QED) is 0.287. The van der Waals surface area contributed by atoms with Gasteiger partial charge in [0.05, 0.1) is 16.7 Å². The number of halogens is 9. The average molecular weight is 669 g/mol. The summed E-state index contributed by atoms with van der Waals surface area (Å²) in [7, 11) is 4.92. The van der Waals surface area contributed by atoms with Crippen molar-refractivity contribution in [1.82, 2.24) is 25.5 Å². The van der Waals surface area contributed by atoms with Crippen molar-refractivity contribution in [2.24, 2.45) is 11.0 Å². The first kappa shape index (κ1) is 35.6. The first-order valence-corrected chi connectivity index (χ1v) is 14.7. The van der Waals surface area contributed by atoms with E-state index < -0.39 is 41.8 Å². The second kappa shape index (κ2) is 13.9. The van der Waals surface area contributed by atoms with E-state index in [2.05, 4.69) is 15.5 Å². The predicted molar refractivity (Wildman–Crippen MR) is 152 cm³/mol. The van der Waals surface area contributed by atoms with Gasteiger partial charge in [-0.05, 0) is 79.3 Å². The van der Waals surface area contributed by atoms with E-state index in [0.29, 0.717) is 49.8 Å². The molecule has 2 heterocycles. The number of nitrogens with one attached hydrogen (secondary N) is 1. The van der Waals surface area contributed by atoms with Gasteiger partial charge in [0.15, 0.2) is 0 Å². The SMILES string of the molecule is CCC(c1ccc(C(F)(F)F)cc1CN(Cc1cc(C(F)(F)F)cc(C(F)(F)F)c1)C1=NN(C)NN1C)N(C)CC1CCOCC1. The van der Waals surface area contributed by atoms with Crippen LogP contribution in [-0.2, 0) is 36.4 Å². The first-order valence-electron chi connectivity index (χ1n) is 14.7. The average Bonchev–Trinajstić information content (AvgIpc) is 3.30. The van der Waals surface area contributed by atoms with Gasteiger partial charge in [-0.1, -0.05) is 13.0 Å². The Labute approximate surface area is 261 Å². The van der Waals surface area contributed by atoms with Crippen molar-refractivity contribution in [3.63, 3.8) is 0 Å². The Morgan fingerprint density at radius 2 is 1.46 bits per heavy atom. The molecular weight excluding hydrogens is 631 g/mol. The Balaban J connectivity index is 1.79. The molecule has 0 bridgehead atoms. The lowest BCUT2D eigenvalue weighted by molar-refractivity contribution is -0.143. The lowest BCUT2D eigenvalue weighted by atomic mass is 9.92. The van der Waals surface area contributed by atoms with Crippen LogP contribution in [0.15, 0.2) is 41.5 Å². The molecule has 1 saturated heterocycles. The fourth-order valence-corrected chi connectivity index (χ4v) is 5.97. The number of guanidine groups is 1. The summed E-state index contributed by atoms with van der Waals surface area (Å²) < 4.78 is 129. The molecule has 256 valence electrons. The molecular formula is C30H37F9N6O. The maximum Gasteiger partial charge on any atom is 0.416 e. The fraction of sp³-hybridized carbons (Fsp3) is 0.567. The van der Waals surface area contributed by atoms with Crippen LogP contribution in [-0.4, -0.2) is 66.8 Å². The Morgan fingerprint density at radius 3 is 1.96 bits per heavy atom. The van der Waals surface area contributed by atoms with Crippen molar-refractivity contribution in [3.05, 3.63) is 69.8 Å². The van der Waals surface area contributed by atoms with Crippen molar-refractivity contribution in [2.45, 2.75) is 63.8 Å². The molecule has 1 fully saturated rings. The molecule has 2 aromatic carbocycles. The number of hydrazine groups is 2. The van der Waals surface area contributed by atoms with E-state index in [-0.39, 0.29) is 35.7 Å². The van der Waals surface area contributed by atoms with E-state index in [0.717, 1.165) is 25.0 Å². The molecule has 0 saturated carbocycles. The summed E-state index contributed by atoms with van der Waals surface area (Å²) in [5, 5.41) is 6.92. The second-order valence-electron chi connectivity index (χ2n) is 11.7. The first-order chi connectivity index (χ1) is 21.4. The number of hydrogen-bond donors (Lipinski definition) is 1. The number of benzene rings is 2. The zero-order valence-corrected chi connectivity index (χ0v) is 25.8. The normalized spacial score (nSPS) is 17.6. The number of hydrazone groups is 1.